The van der Waals surface area contributed by atoms with Gasteiger partial charge in [0.05, 0.1) is 0 Å². The second-order valence-corrected chi connectivity index (χ2v) is 3.12. The molecule has 1 saturated heterocycles. The van der Waals surface area contributed by atoms with Crippen molar-refractivity contribution in [2.24, 2.45) is 11.1 Å². The normalized spacial score (nSPS) is 24.0. The van der Waals surface area contributed by atoms with E-state index in [2.05, 4.69) is 5.32 Å². The minimum Gasteiger partial charge on any atom is -0.330 e. The van der Waals surface area contributed by atoms with Crippen LogP contribution >= 0.6 is 0 Å². The minimum atomic E-state index is -2.27. The van der Waals surface area contributed by atoms with Crippen LogP contribution in [0.3, 0.4) is 0 Å². The maximum absolute atomic E-state index is 12.5. The Labute approximate surface area is 65.1 Å². The van der Waals surface area contributed by atoms with Gasteiger partial charge in [0.15, 0.2) is 0 Å². The van der Waals surface area contributed by atoms with E-state index in [1.54, 1.807) is 0 Å². The summed E-state index contributed by atoms with van der Waals surface area (Å²) in [5.41, 5.74) is 4.43. The maximum Gasteiger partial charge on any atom is 0.245 e. The number of alkyl halides is 2. The zero-order chi connectivity index (χ0) is 8.32. The Morgan fingerprint density at radius 1 is 1.36 bits per heavy atom. The molecule has 0 bridgehead atoms. The molecule has 0 amide bonds. The highest BCUT2D eigenvalue weighted by Crippen LogP contribution is 2.34. The lowest BCUT2D eigenvalue weighted by Gasteiger charge is -2.35. The first-order valence-corrected chi connectivity index (χ1v) is 3.90. The Balaban J connectivity index is 2.57. The summed E-state index contributed by atoms with van der Waals surface area (Å²) in [6, 6.07) is 0. The summed E-state index contributed by atoms with van der Waals surface area (Å²) >= 11 is 0. The number of rotatable bonds is 2. The first-order chi connectivity index (χ1) is 5.21. The van der Waals surface area contributed by atoms with Gasteiger partial charge in [-0.25, -0.2) is 8.78 Å². The van der Waals surface area contributed by atoms with Crippen LogP contribution in [-0.2, 0) is 0 Å². The predicted octanol–water partition coefficient (Wildman–Crippen LogP) is 0.580. The zero-order valence-electron chi connectivity index (χ0n) is 6.45. The van der Waals surface area contributed by atoms with Crippen LogP contribution in [0.25, 0.3) is 0 Å². The summed E-state index contributed by atoms with van der Waals surface area (Å²) in [6.45, 7) is 1.44. The van der Waals surface area contributed by atoms with Gasteiger partial charge >= 0.3 is 0 Å². The molecular weight excluding hydrogens is 150 g/mol. The molecule has 66 valence electrons. The average Bonchev–Trinajstić information content (AvgIpc) is 2.05. The number of halogens is 2. The van der Waals surface area contributed by atoms with Crippen molar-refractivity contribution in [3.63, 3.8) is 0 Å². The summed E-state index contributed by atoms with van der Waals surface area (Å²) < 4.78 is 24.9. The van der Waals surface area contributed by atoms with Crippen LogP contribution in [0.4, 0.5) is 8.78 Å². The van der Waals surface area contributed by atoms with Crippen molar-refractivity contribution in [2.45, 2.75) is 19.3 Å². The maximum atomic E-state index is 12.5. The van der Waals surface area contributed by atoms with Crippen LogP contribution in [0.5, 0.6) is 0 Å². The number of hydrogen-bond acceptors (Lipinski definition) is 2. The van der Waals surface area contributed by atoms with Gasteiger partial charge in [0.25, 0.3) is 0 Å². The fourth-order valence-corrected chi connectivity index (χ4v) is 1.44. The lowest BCUT2D eigenvalue weighted by atomic mass is 9.79. The van der Waals surface area contributed by atoms with E-state index < -0.39 is 11.8 Å². The highest BCUT2D eigenvalue weighted by atomic mass is 19.3. The smallest absolute Gasteiger partial charge is 0.245 e. The lowest BCUT2D eigenvalue weighted by Crippen LogP contribution is -2.46. The predicted molar refractivity (Wildman–Crippen MR) is 39.6 cm³/mol. The Morgan fingerprint density at radius 2 is 1.91 bits per heavy atom. The third kappa shape index (κ3) is 1.68. The zero-order valence-corrected chi connectivity index (χ0v) is 6.45. The highest BCUT2D eigenvalue weighted by Gasteiger charge is 2.39. The van der Waals surface area contributed by atoms with E-state index in [9.17, 15) is 8.78 Å². The standard InChI is InChI=1S/C7H14F2N2/c8-6(9)7(5-10)1-3-11-4-2-7/h6,11H,1-5,10H2. The summed E-state index contributed by atoms with van der Waals surface area (Å²) in [4.78, 5) is 0. The molecule has 0 aromatic heterocycles. The molecule has 11 heavy (non-hydrogen) atoms. The SMILES string of the molecule is NCC1(C(F)F)CCNCC1. The van der Waals surface area contributed by atoms with Crippen LogP contribution < -0.4 is 11.1 Å². The van der Waals surface area contributed by atoms with Crippen LogP contribution in [0, 0.1) is 5.41 Å². The van der Waals surface area contributed by atoms with Crippen molar-refractivity contribution in [1.82, 2.24) is 5.32 Å². The summed E-state index contributed by atoms with van der Waals surface area (Å²) in [6.07, 6.45) is -1.27. The molecule has 0 radical (unpaired) electrons. The first-order valence-electron chi connectivity index (χ1n) is 3.90. The summed E-state index contributed by atoms with van der Waals surface area (Å²) in [5, 5.41) is 3.04. The van der Waals surface area contributed by atoms with Gasteiger partial charge in [0.2, 0.25) is 6.43 Å². The van der Waals surface area contributed by atoms with Gasteiger partial charge in [-0.2, -0.15) is 0 Å². The van der Waals surface area contributed by atoms with Gasteiger partial charge in [-0.05, 0) is 25.9 Å². The van der Waals surface area contributed by atoms with Crippen LogP contribution in [0.2, 0.25) is 0 Å². The molecule has 1 fully saturated rings. The lowest BCUT2D eigenvalue weighted by molar-refractivity contribution is -0.0199. The molecule has 0 spiro atoms. The van der Waals surface area contributed by atoms with Gasteiger partial charge in [-0.15, -0.1) is 0 Å². The monoisotopic (exact) mass is 164 g/mol. The molecule has 0 atom stereocenters. The molecule has 0 unspecified atom stereocenters. The Morgan fingerprint density at radius 3 is 2.18 bits per heavy atom. The van der Waals surface area contributed by atoms with Crippen LogP contribution in [0.15, 0.2) is 0 Å². The summed E-state index contributed by atoms with van der Waals surface area (Å²) in [7, 11) is 0. The number of hydrogen-bond donors (Lipinski definition) is 2. The number of nitrogens with one attached hydrogen (secondary N) is 1. The third-order valence-corrected chi connectivity index (χ3v) is 2.47. The summed E-state index contributed by atoms with van der Waals surface area (Å²) in [5.74, 6) is 0. The highest BCUT2D eigenvalue weighted by molar-refractivity contribution is 4.87. The van der Waals surface area contributed by atoms with Crippen molar-refractivity contribution in [3.05, 3.63) is 0 Å². The fraction of sp³-hybridized carbons (Fsp3) is 1.00. The van der Waals surface area contributed by atoms with E-state index in [1.807, 2.05) is 0 Å². The third-order valence-electron chi connectivity index (χ3n) is 2.47. The molecule has 0 aromatic carbocycles. The quantitative estimate of drug-likeness (QED) is 0.626. The van der Waals surface area contributed by atoms with Crippen LogP contribution in [0.1, 0.15) is 12.8 Å². The van der Waals surface area contributed by atoms with Gasteiger partial charge in [-0.3, -0.25) is 0 Å². The molecule has 1 heterocycles. The van der Waals surface area contributed by atoms with Crippen molar-refractivity contribution in [2.75, 3.05) is 19.6 Å². The van der Waals surface area contributed by atoms with Gasteiger partial charge in [0, 0.05) is 12.0 Å². The topological polar surface area (TPSA) is 38.0 Å². The van der Waals surface area contributed by atoms with E-state index in [0.717, 1.165) is 0 Å². The van der Waals surface area contributed by atoms with Crippen molar-refractivity contribution in [1.29, 1.82) is 0 Å². The molecule has 0 saturated carbocycles. The number of nitrogens with two attached hydrogens (primary N) is 1. The molecule has 0 aromatic rings. The second-order valence-electron chi connectivity index (χ2n) is 3.12. The molecule has 1 rings (SSSR count). The second kappa shape index (κ2) is 3.45. The molecular formula is C7H14F2N2. The van der Waals surface area contributed by atoms with Crippen molar-refractivity contribution < 1.29 is 8.78 Å². The van der Waals surface area contributed by atoms with E-state index in [4.69, 9.17) is 5.73 Å². The van der Waals surface area contributed by atoms with E-state index in [-0.39, 0.29) is 6.54 Å². The molecule has 2 nitrogen and oxygen atoms in total. The van der Waals surface area contributed by atoms with E-state index >= 15 is 0 Å². The Hall–Kier alpha value is -0.220. The first kappa shape index (κ1) is 8.87. The van der Waals surface area contributed by atoms with Gasteiger partial charge < -0.3 is 11.1 Å². The van der Waals surface area contributed by atoms with Crippen LogP contribution in [-0.4, -0.2) is 26.1 Å². The number of piperidine rings is 1. The largest absolute Gasteiger partial charge is 0.330 e. The van der Waals surface area contributed by atoms with E-state index in [0.29, 0.717) is 25.9 Å². The molecule has 1 aliphatic rings. The van der Waals surface area contributed by atoms with Gasteiger partial charge in [-0.1, -0.05) is 0 Å². The minimum absolute atomic E-state index is 0.104. The molecule has 1 aliphatic heterocycles. The van der Waals surface area contributed by atoms with Gasteiger partial charge in [0.1, 0.15) is 0 Å². The van der Waals surface area contributed by atoms with Crippen molar-refractivity contribution in [3.8, 4) is 0 Å². The Bertz CT molecular complexity index is 122. The average molecular weight is 164 g/mol. The van der Waals surface area contributed by atoms with E-state index in [1.165, 1.54) is 0 Å². The molecule has 3 N–H and O–H groups in total. The fourth-order valence-electron chi connectivity index (χ4n) is 1.44. The van der Waals surface area contributed by atoms with Crippen molar-refractivity contribution >= 4 is 0 Å². The molecule has 0 aliphatic carbocycles. The Kier molecular flexibility index (Phi) is 2.78. The molecule has 4 heteroatoms.